The number of esters is 1. The van der Waals surface area contributed by atoms with Gasteiger partial charge >= 0.3 is 5.97 Å². The van der Waals surface area contributed by atoms with E-state index in [-0.39, 0.29) is 5.97 Å². The van der Waals surface area contributed by atoms with Crippen LogP contribution in [-0.2, 0) is 9.53 Å². The van der Waals surface area contributed by atoms with Crippen molar-refractivity contribution in [1.29, 1.82) is 0 Å². The van der Waals surface area contributed by atoms with Crippen LogP contribution in [0.2, 0.25) is 0 Å². The summed E-state index contributed by atoms with van der Waals surface area (Å²) in [5, 5.41) is 0. The number of allylic oxidation sites excluding steroid dienone is 3. The number of carbonyl (C=O) groups excluding carboxylic acids is 1. The van der Waals surface area contributed by atoms with Gasteiger partial charge in [0.25, 0.3) is 0 Å². The Kier molecular flexibility index (Phi) is 3.31. The molecule has 0 saturated carbocycles. The number of carbonyl (C=O) groups is 1. The lowest BCUT2D eigenvalue weighted by molar-refractivity contribution is -0.137. The van der Waals surface area contributed by atoms with E-state index in [1.54, 1.807) is 6.92 Å². The smallest absolute Gasteiger partial charge is 0.332 e. The third-order valence-corrected chi connectivity index (χ3v) is 1.65. The van der Waals surface area contributed by atoms with Crippen LogP contribution in [0.25, 0.3) is 0 Å². The van der Waals surface area contributed by atoms with E-state index in [0.29, 0.717) is 6.61 Å². The molecule has 0 aliphatic carbocycles. The van der Waals surface area contributed by atoms with Gasteiger partial charge in [-0.15, -0.1) is 0 Å². The number of nitrogens with zero attached hydrogens (tertiary/aromatic N) is 1. The maximum absolute atomic E-state index is 11.1. The van der Waals surface area contributed by atoms with Gasteiger partial charge in [0.15, 0.2) is 0 Å². The first-order valence-corrected chi connectivity index (χ1v) is 4.20. The predicted octanol–water partition coefficient (Wildman–Crippen LogP) is 1.45. The van der Waals surface area contributed by atoms with Gasteiger partial charge < -0.3 is 9.64 Å². The van der Waals surface area contributed by atoms with E-state index in [9.17, 15) is 4.79 Å². The molecule has 0 aromatic carbocycles. The summed E-state index contributed by atoms with van der Waals surface area (Å²) in [4.78, 5) is 12.9. The molecule has 0 spiro atoms. The lowest BCUT2D eigenvalue weighted by Gasteiger charge is -2.17. The molecule has 0 atom stereocenters. The molecule has 70 valence electrons. The molecule has 0 radical (unpaired) electrons. The Morgan fingerprint density at radius 1 is 1.62 bits per heavy atom. The van der Waals surface area contributed by atoms with Gasteiger partial charge in [0.05, 0.1) is 6.61 Å². The van der Waals surface area contributed by atoms with E-state index in [1.807, 2.05) is 36.4 Å². The fourth-order valence-electron chi connectivity index (χ4n) is 0.991. The molecule has 0 aromatic heterocycles. The van der Waals surface area contributed by atoms with Gasteiger partial charge in [0, 0.05) is 25.0 Å². The highest BCUT2D eigenvalue weighted by Crippen LogP contribution is 2.09. The highest BCUT2D eigenvalue weighted by atomic mass is 16.5. The van der Waals surface area contributed by atoms with Crippen molar-refractivity contribution in [3.8, 4) is 0 Å². The average molecular weight is 179 g/mol. The van der Waals surface area contributed by atoms with Crippen LogP contribution in [0, 0.1) is 0 Å². The summed E-state index contributed by atoms with van der Waals surface area (Å²) in [6.45, 7) is 2.20. The molecule has 0 amide bonds. The average Bonchev–Trinajstić information content (AvgIpc) is 2.09. The molecule has 1 heterocycles. The summed E-state index contributed by atoms with van der Waals surface area (Å²) < 4.78 is 4.79. The minimum absolute atomic E-state index is 0.302. The highest BCUT2D eigenvalue weighted by molar-refractivity contribution is 5.83. The molecule has 0 unspecified atom stereocenters. The third-order valence-electron chi connectivity index (χ3n) is 1.65. The lowest BCUT2D eigenvalue weighted by atomic mass is 10.2. The van der Waals surface area contributed by atoms with Crippen molar-refractivity contribution in [3.05, 3.63) is 36.2 Å². The molecule has 0 fully saturated rings. The summed E-state index contributed by atoms with van der Waals surface area (Å²) in [5.74, 6) is -0.302. The molecule has 3 nitrogen and oxygen atoms in total. The van der Waals surface area contributed by atoms with Crippen molar-refractivity contribution >= 4 is 5.97 Å². The number of hydrogen-bond donors (Lipinski definition) is 0. The Morgan fingerprint density at radius 2 is 2.38 bits per heavy atom. The van der Waals surface area contributed by atoms with Crippen LogP contribution in [0.15, 0.2) is 36.2 Å². The van der Waals surface area contributed by atoms with Crippen LogP contribution >= 0.6 is 0 Å². The van der Waals surface area contributed by atoms with Crippen LogP contribution in [0.4, 0.5) is 0 Å². The molecule has 3 heteroatoms. The molecule has 0 saturated heterocycles. The topological polar surface area (TPSA) is 29.5 Å². The van der Waals surface area contributed by atoms with Gasteiger partial charge in [0.1, 0.15) is 0 Å². The van der Waals surface area contributed by atoms with Crippen LogP contribution in [0.5, 0.6) is 0 Å². The second-order valence-electron chi connectivity index (χ2n) is 2.63. The number of rotatable bonds is 2. The molecule has 13 heavy (non-hydrogen) atoms. The molecular formula is C10H13NO2. The van der Waals surface area contributed by atoms with Gasteiger partial charge in [0.2, 0.25) is 0 Å². The first kappa shape index (κ1) is 9.58. The number of ether oxygens (including phenoxy) is 1. The fraction of sp³-hybridized carbons (Fsp3) is 0.300. The highest BCUT2D eigenvalue weighted by Gasteiger charge is 2.04. The van der Waals surface area contributed by atoms with Crippen LogP contribution in [0.3, 0.4) is 0 Å². The molecular weight excluding hydrogens is 166 g/mol. The molecule has 0 aromatic rings. The standard InChI is InChI=1S/C10H13NO2/c1-3-13-10(12)8-9-6-4-5-7-11(9)2/h4-8H,3H2,1-2H3/b9-8-. The summed E-state index contributed by atoms with van der Waals surface area (Å²) >= 11 is 0. The van der Waals surface area contributed by atoms with Crippen LogP contribution < -0.4 is 0 Å². The van der Waals surface area contributed by atoms with Crippen molar-refractivity contribution in [2.75, 3.05) is 13.7 Å². The predicted molar refractivity (Wildman–Crippen MR) is 50.8 cm³/mol. The minimum atomic E-state index is -0.302. The third kappa shape index (κ3) is 2.78. The zero-order chi connectivity index (χ0) is 9.68. The van der Waals surface area contributed by atoms with Gasteiger partial charge in [-0.1, -0.05) is 6.08 Å². The quantitative estimate of drug-likeness (QED) is 0.474. The second kappa shape index (κ2) is 4.50. The van der Waals surface area contributed by atoms with Crippen molar-refractivity contribution < 1.29 is 9.53 Å². The maximum Gasteiger partial charge on any atom is 0.332 e. The Hall–Kier alpha value is -1.51. The molecule has 1 aliphatic rings. The van der Waals surface area contributed by atoms with Gasteiger partial charge in [-0.2, -0.15) is 0 Å². The Labute approximate surface area is 78.0 Å². The summed E-state index contributed by atoms with van der Waals surface area (Å²) in [6, 6.07) is 0. The Morgan fingerprint density at radius 3 is 3.00 bits per heavy atom. The van der Waals surface area contributed by atoms with Gasteiger partial charge in [-0.05, 0) is 19.1 Å². The fourth-order valence-corrected chi connectivity index (χ4v) is 0.991. The molecule has 1 rings (SSSR count). The maximum atomic E-state index is 11.1. The largest absolute Gasteiger partial charge is 0.463 e. The van der Waals surface area contributed by atoms with E-state index in [0.717, 1.165) is 5.70 Å². The van der Waals surface area contributed by atoms with Crippen LogP contribution in [0.1, 0.15) is 6.92 Å². The molecule has 0 N–H and O–H groups in total. The monoisotopic (exact) mass is 179 g/mol. The summed E-state index contributed by atoms with van der Waals surface area (Å²) in [6.07, 6.45) is 9.00. The lowest BCUT2D eigenvalue weighted by Crippen LogP contribution is -2.13. The van der Waals surface area contributed by atoms with Crippen molar-refractivity contribution in [2.45, 2.75) is 6.92 Å². The van der Waals surface area contributed by atoms with Crippen LogP contribution in [-0.4, -0.2) is 24.5 Å². The number of likely N-dealkylation sites (N-methyl/N-ethyl adjacent to an activating group) is 1. The normalized spacial score (nSPS) is 18.0. The van der Waals surface area contributed by atoms with E-state index in [2.05, 4.69) is 0 Å². The zero-order valence-corrected chi connectivity index (χ0v) is 7.86. The van der Waals surface area contributed by atoms with E-state index >= 15 is 0 Å². The summed E-state index contributed by atoms with van der Waals surface area (Å²) in [5.41, 5.74) is 0.834. The minimum Gasteiger partial charge on any atom is -0.463 e. The number of hydrogen-bond acceptors (Lipinski definition) is 3. The first-order valence-electron chi connectivity index (χ1n) is 4.20. The Bertz CT molecular complexity index is 277. The van der Waals surface area contributed by atoms with Gasteiger partial charge in [-0.3, -0.25) is 0 Å². The van der Waals surface area contributed by atoms with Gasteiger partial charge in [-0.25, -0.2) is 4.79 Å². The van der Waals surface area contributed by atoms with Crippen molar-refractivity contribution in [1.82, 2.24) is 4.90 Å². The second-order valence-corrected chi connectivity index (χ2v) is 2.63. The van der Waals surface area contributed by atoms with E-state index in [1.165, 1.54) is 6.08 Å². The van der Waals surface area contributed by atoms with Crippen molar-refractivity contribution in [3.63, 3.8) is 0 Å². The Balaban J connectivity index is 2.65. The SMILES string of the molecule is CCOC(=O)/C=C1/C=CC=CN1C. The van der Waals surface area contributed by atoms with Crippen molar-refractivity contribution in [2.24, 2.45) is 0 Å². The first-order chi connectivity index (χ1) is 6.24. The molecule has 0 bridgehead atoms. The van der Waals surface area contributed by atoms with E-state index < -0.39 is 0 Å². The zero-order valence-electron chi connectivity index (χ0n) is 7.86. The summed E-state index contributed by atoms with van der Waals surface area (Å²) in [7, 11) is 1.88. The van der Waals surface area contributed by atoms with E-state index in [4.69, 9.17) is 4.74 Å². The molecule has 1 aliphatic heterocycles.